The molecule has 1 fully saturated rings. The van der Waals surface area contributed by atoms with Crippen LogP contribution in [0.2, 0.25) is 18.6 Å². The topological polar surface area (TPSA) is 14.1 Å². The maximum absolute atomic E-state index is 5.23. The fourth-order valence-electron chi connectivity index (χ4n) is 4.32. The van der Waals surface area contributed by atoms with Crippen molar-refractivity contribution >= 4 is 26.8 Å². The summed E-state index contributed by atoms with van der Waals surface area (Å²) in [6.07, 6.45) is 0. The second-order valence-corrected chi connectivity index (χ2v) is 14.7. The number of halogens is 2. The van der Waals surface area contributed by atoms with Gasteiger partial charge in [-0.3, -0.25) is 0 Å². The van der Waals surface area contributed by atoms with Crippen LogP contribution in [0.1, 0.15) is 48.5 Å². The monoisotopic (exact) mass is 387 g/mol. The summed E-state index contributed by atoms with van der Waals surface area (Å²) < 4.78 is 0. The van der Waals surface area contributed by atoms with Gasteiger partial charge in [0.2, 0.25) is 0 Å². The summed E-state index contributed by atoms with van der Waals surface area (Å²) in [7, 11) is 8.29. The van der Waals surface area contributed by atoms with Crippen molar-refractivity contribution in [1.82, 2.24) is 0 Å². The predicted molar refractivity (Wildman–Crippen MR) is 99.1 cm³/mol. The molecular weight excluding hydrogens is 353 g/mol. The second-order valence-electron chi connectivity index (χ2n) is 7.97. The van der Waals surface area contributed by atoms with Gasteiger partial charge < -0.3 is 12.4 Å². The normalized spacial score (nSPS) is 32.8. The van der Waals surface area contributed by atoms with Gasteiger partial charge in [-0.25, -0.2) is 0 Å². The SMILES string of the molecule is CC1C(C)C(C)C([Si](C)(C)[N-]C(C)(C)C)C1C.[CH3-].[Cl][Ti][Cl]. The van der Waals surface area contributed by atoms with Crippen molar-refractivity contribution in [2.45, 2.75) is 72.6 Å². The number of nitrogens with zero attached hydrogens (tertiary/aromatic N) is 1. The molecule has 21 heavy (non-hydrogen) atoms. The quantitative estimate of drug-likeness (QED) is 0.353. The minimum absolute atomic E-state index is 0. The Morgan fingerprint density at radius 3 is 1.38 bits per heavy atom. The molecule has 1 nitrogen and oxygen atoms in total. The summed E-state index contributed by atoms with van der Waals surface area (Å²) in [4.78, 5) is 5.23. The van der Waals surface area contributed by atoms with E-state index in [-0.39, 0.29) is 13.0 Å². The van der Waals surface area contributed by atoms with Gasteiger partial charge in [0.05, 0.1) is 0 Å². The fourth-order valence-corrected chi connectivity index (χ4v) is 9.37. The van der Waals surface area contributed by atoms with Gasteiger partial charge in [-0.05, 0) is 23.7 Å². The van der Waals surface area contributed by atoms with Crippen LogP contribution in [0.25, 0.3) is 4.98 Å². The molecule has 5 heteroatoms. The van der Waals surface area contributed by atoms with E-state index in [0.29, 0.717) is 0 Å². The van der Waals surface area contributed by atoms with Crippen molar-refractivity contribution < 1.29 is 17.0 Å². The van der Waals surface area contributed by atoms with E-state index in [1.54, 1.807) is 0 Å². The Balaban J connectivity index is 0. The Kier molecular flexibility index (Phi) is 11.4. The van der Waals surface area contributed by atoms with E-state index in [0.717, 1.165) is 29.2 Å². The molecule has 0 aromatic heterocycles. The van der Waals surface area contributed by atoms with Crippen molar-refractivity contribution in [3.63, 3.8) is 0 Å². The average molecular weight is 388 g/mol. The number of rotatable bonds is 2. The molecule has 0 N–H and O–H groups in total. The molecule has 1 rings (SSSR count). The Morgan fingerprint density at radius 1 is 0.857 bits per heavy atom. The van der Waals surface area contributed by atoms with Gasteiger partial charge in [0, 0.05) is 0 Å². The zero-order chi connectivity index (χ0) is 16.3. The van der Waals surface area contributed by atoms with Crippen molar-refractivity contribution in [2.75, 3.05) is 0 Å². The summed E-state index contributed by atoms with van der Waals surface area (Å²) in [5.41, 5.74) is 0.983. The molecule has 1 aliphatic carbocycles. The standard InChI is InChI=1S/C15H32NSi.CH3.2ClH.Ti/c1-10-11(2)13(4)14(12(10)3)17(8,9)16-15(5,6)7;;;;/h10-14H,1-9H3;1H3;2*1H;/q2*-1;;;+2/p-2. The molecular formula is C16H35Cl2NSiTi-2. The fraction of sp³-hybridized carbons (Fsp3) is 0.938. The van der Waals surface area contributed by atoms with Crippen LogP contribution in [0.15, 0.2) is 0 Å². The van der Waals surface area contributed by atoms with Crippen LogP contribution < -0.4 is 0 Å². The van der Waals surface area contributed by atoms with Crippen molar-refractivity contribution in [3.8, 4) is 0 Å². The molecule has 0 saturated heterocycles. The summed E-state index contributed by atoms with van der Waals surface area (Å²) in [5, 5.41) is 0. The van der Waals surface area contributed by atoms with Gasteiger partial charge >= 0.3 is 35.6 Å². The average Bonchev–Trinajstić information content (AvgIpc) is 2.41. The molecule has 0 aliphatic heterocycles. The molecule has 0 aromatic rings. The third kappa shape index (κ3) is 7.27. The van der Waals surface area contributed by atoms with Crippen molar-refractivity contribution in [2.24, 2.45) is 23.7 Å². The van der Waals surface area contributed by atoms with Gasteiger partial charge in [-0.1, -0.05) is 75.3 Å². The van der Waals surface area contributed by atoms with Crippen LogP contribution in [0.4, 0.5) is 0 Å². The molecule has 4 atom stereocenters. The zero-order valence-corrected chi connectivity index (χ0v) is 19.7. The Labute approximate surface area is 152 Å². The third-order valence-corrected chi connectivity index (χ3v) is 8.99. The third-order valence-electron chi connectivity index (χ3n) is 5.06. The van der Waals surface area contributed by atoms with E-state index in [9.17, 15) is 0 Å². The first-order chi connectivity index (χ1) is 8.89. The second kappa shape index (κ2) is 9.69. The summed E-state index contributed by atoms with van der Waals surface area (Å²) in [6.45, 7) is 21.5. The predicted octanol–water partition coefficient (Wildman–Crippen LogP) is 7.12. The van der Waals surface area contributed by atoms with E-state index in [4.69, 9.17) is 23.6 Å². The molecule has 1 aliphatic rings. The Bertz CT molecular complexity index is 280. The van der Waals surface area contributed by atoms with E-state index in [2.05, 4.69) is 61.6 Å². The van der Waals surface area contributed by atoms with Gasteiger partial charge in [-0.2, -0.15) is 0 Å². The van der Waals surface area contributed by atoms with Crippen LogP contribution in [0, 0.1) is 31.1 Å². The van der Waals surface area contributed by atoms with E-state index < -0.39 is 25.3 Å². The zero-order valence-electron chi connectivity index (χ0n) is 15.6. The summed E-state index contributed by atoms with van der Waals surface area (Å²) in [5.74, 6) is 3.40. The molecule has 0 bridgehead atoms. The van der Waals surface area contributed by atoms with Gasteiger partial charge in [0.1, 0.15) is 0 Å². The van der Waals surface area contributed by atoms with Gasteiger partial charge in [-0.15, -0.1) is 5.54 Å². The van der Waals surface area contributed by atoms with Crippen molar-refractivity contribution in [1.29, 1.82) is 0 Å². The van der Waals surface area contributed by atoms with E-state index >= 15 is 0 Å². The molecule has 1 saturated carbocycles. The molecule has 128 valence electrons. The maximum atomic E-state index is 5.23. The van der Waals surface area contributed by atoms with Crippen LogP contribution in [0.3, 0.4) is 0 Å². The van der Waals surface area contributed by atoms with E-state index in [1.165, 1.54) is 0 Å². The Hall–Kier alpha value is 1.47. The van der Waals surface area contributed by atoms with Crippen molar-refractivity contribution in [3.05, 3.63) is 12.4 Å². The Morgan fingerprint density at radius 2 is 1.14 bits per heavy atom. The first kappa shape index (κ1) is 24.7. The molecule has 0 amide bonds. The minimum atomic E-state index is -1.49. The summed E-state index contributed by atoms with van der Waals surface area (Å²) >= 11 is -0.556. The number of hydrogen-bond acceptors (Lipinski definition) is 0. The van der Waals surface area contributed by atoms with Crippen LogP contribution >= 0.6 is 18.6 Å². The summed E-state index contributed by atoms with van der Waals surface area (Å²) in [6, 6.07) is 0. The van der Waals surface area contributed by atoms with Gasteiger partial charge in [0.25, 0.3) is 0 Å². The molecule has 0 spiro atoms. The molecule has 0 aromatic carbocycles. The van der Waals surface area contributed by atoms with Gasteiger partial charge in [0.15, 0.2) is 0 Å². The van der Waals surface area contributed by atoms with E-state index in [1.807, 2.05) is 0 Å². The molecule has 0 radical (unpaired) electrons. The van der Waals surface area contributed by atoms with Crippen LogP contribution in [0.5, 0.6) is 0 Å². The first-order valence-corrected chi connectivity index (χ1v) is 14.9. The molecule has 4 unspecified atom stereocenters. The first-order valence-electron chi connectivity index (χ1n) is 7.59. The van der Waals surface area contributed by atoms with Crippen LogP contribution in [-0.4, -0.2) is 13.8 Å². The number of hydrogen-bond donors (Lipinski definition) is 0. The van der Waals surface area contributed by atoms with Crippen LogP contribution in [-0.2, 0) is 17.0 Å². The molecule has 0 heterocycles.